The number of benzene rings is 1. The van der Waals surface area contributed by atoms with Gasteiger partial charge >= 0.3 is 0 Å². The highest BCUT2D eigenvalue weighted by Crippen LogP contribution is 2.26. The van der Waals surface area contributed by atoms with Gasteiger partial charge in [-0.25, -0.2) is 8.42 Å². The predicted molar refractivity (Wildman–Crippen MR) is 86.5 cm³/mol. The number of halogens is 2. The van der Waals surface area contributed by atoms with E-state index in [1.54, 1.807) is 22.5 Å². The molecule has 0 aliphatic carbocycles. The van der Waals surface area contributed by atoms with Gasteiger partial charge in [-0.05, 0) is 50.7 Å². The molecule has 1 heterocycles. The number of hydrogen-bond donors (Lipinski definition) is 0. The maximum atomic E-state index is 12.8. The maximum absolute atomic E-state index is 12.8. The molecule has 1 aromatic carbocycles. The number of hydrogen-bond acceptors (Lipinski definition) is 3. The fourth-order valence-corrected chi connectivity index (χ4v) is 4.56. The maximum Gasteiger partial charge on any atom is 0.243 e. The minimum Gasteiger partial charge on any atom is -0.305 e. The lowest BCUT2D eigenvalue weighted by atomic mass is 10.1. The van der Waals surface area contributed by atoms with Gasteiger partial charge in [-0.2, -0.15) is 4.31 Å². The fourth-order valence-electron chi connectivity index (χ4n) is 2.52. The van der Waals surface area contributed by atoms with Crippen LogP contribution in [0.5, 0.6) is 0 Å². The Balaban J connectivity index is 2.29. The molecule has 1 saturated heterocycles. The molecule has 0 spiro atoms. The van der Waals surface area contributed by atoms with E-state index in [4.69, 9.17) is 23.2 Å². The SMILES string of the molecule is CN(C)C1CCCN(S(=O)(=O)c2ccc(Cl)c(CCl)c2)C1. The van der Waals surface area contributed by atoms with Crippen LogP contribution < -0.4 is 0 Å². The Morgan fingerprint density at radius 3 is 2.71 bits per heavy atom. The molecular weight excluding hydrogens is 331 g/mol. The molecule has 4 nitrogen and oxygen atoms in total. The number of likely N-dealkylation sites (N-methyl/N-ethyl adjacent to an activating group) is 1. The van der Waals surface area contributed by atoms with Gasteiger partial charge in [-0.1, -0.05) is 11.6 Å². The van der Waals surface area contributed by atoms with Crippen molar-refractivity contribution in [1.82, 2.24) is 9.21 Å². The van der Waals surface area contributed by atoms with Gasteiger partial charge in [0.05, 0.1) is 4.90 Å². The van der Waals surface area contributed by atoms with E-state index in [2.05, 4.69) is 4.90 Å². The molecule has 0 bridgehead atoms. The molecule has 0 amide bonds. The van der Waals surface area contributed by atoms with Crippen LogP contribution in [-0.4, -0.2) is 50.8 Å². The van der Waals surface area contributed by atoms with Crippen molar-refractivity contribution in [3.05, 3.63) is 28.8 Å². The molecule has 21 heavy (non-hydrogen) atoms. The molecule has 118 valence electrons. The predicted octanol–water partition coefficient (Wildman–Crippen LogP) is 2.79. The van der Waals surface area contributed by atoms with Gasteiger partial charge in [0.2, 0.25) is 10.0 Å². The first-order valence-electron chi connectivity index (χ1n) is 6.87. The van der Waals surface area contributed by atoms with Crippen LogP contribution in [0.25, 0.3) is 0 Å². The van der Waals surface area contributed by atoms with Crippen LogP contribution in [0.4, 0.5) is 0 Å². The van der Waals surface area contributed by atoms with Crippen molar-refractivity contribution >= 4 is 33.2 Å². The Hall–Kier alpha value is -0.330. The molecule has 1 unspecified atom stereocenters. The minimum absolute atomic E-state index is 0.197. The van der Waals surface area contributed by atoms with Gasteiger partial charge in [0.15, 0.2) is 0 Å². The summed E-state index contributed by atoms with van der Waals surface area (Å²) < 4.78 is 27.1. The van der Waals surface area contributed by atoms with Crippen molar-refractivity contribution in [2.75, 3.05) is 27.2 Å². The number of nitrogens with zero attached hydrogens (tertiary/aromatic N) is 2. The van der Waals surface area contributed by atoms with E-state index in [9.17, 15) is 8.42 Å². The Bertz CT molecular complexity index is 605. The molecule has 1 aliphatic rings. The van der Waals surface area contributed by atoms with E-state index in [1.807, 2.05) is 14.1 Å². The molecule has 0 N–H and O–H groups in total. The summed E-state index contributed by atoms with van der Waals surface area (Å²) in [5.74, 6) is 0.197. The van der Waals surface area contributed by atoms with E-state index < -0.39 is 10.0 Å². The number of piperidine rings is 1. The van der Waals surface area contributed by atoms with Crippen molar-refractivity contribution in [3.8, 4) is 0 Å². The minimum atomic E-state index is -3.49. The Labute approximate surface area is 136 Å². The van der Waals surface area contributed by atoms with Crippen LogP contribution in [0, 0.1) is 0 Å². The highest BCUT2D eigenvalue weighted by atomic mass is 35.5. The summed E-state index contributed by atoms with van der Waals surface area (Å²) in [5.41, 5.74) is 0.639. The van der Waals surface area contributed by atoms with Gasteiger partial charge in [0.25, 0.3) is 0 Å². The molecule has 2 rings (SSSR count). The van der Waals surface area contributed by atoms with E-state index in [0.717, 1.165) is 12.8 Å². The summed E-state index contributed by atoms with van der Waals surface area (Å²) in [6.45, 7) is 1.08. The molecule has 1 fully saturated rings. The van der Waals surface area contributed by atoms with Crippen molar-refractivity contribution in [2.24, 2.45) is 0 Å². The number of sulfonamides is 1. The summed E-state index contributed by atoms with van der Waals surface area (Å²) >= 11 is 11.8. The second kappa shape index (κ2) is 6.84. The number of rotatable bonds is 4. The van der Waals surface area contributed by atoms with E-state index in [0.29, 0.717) is 23.7 Å². The summed E-state index contributed by atoms with van der Waals surface area (Å²) in [6.07, 6.45) is 1.89. The normalized spacial score (nSPS) is 20.9. The summed E-state index contributed by atoms with van der Waals surface area (Å²) in [7, 11) is 0.473. The zero-order valence-corrected chi connectivity index (χ0v) is 14.5. The molecular formula is C14H20Cl2N2O2S. The lowest BCUT2D eigenvalue weighted by Gasteiger charge is -2.35. The first-order chi connectivity index (χ1) is 9.86. The van der Waals surface area contributed by atoms with Gasteiger partial charge in [-0.15, -0.1) is 11.6 Å². The molecule has 0 saturated carbocycles. The summed E-state index contributed by atoms with van der Waals surface area (Å²) in [6, 6.07) is 4.98. The molecule has 1 atom stereocenters. The lowest BCUT2D eigenvalue weighted by Crippen LogP contribution is -2.47. The standard InChI is InChI=1S/C14H20Cl2N2O2S/c1-17(2)12-4-3-7-18(10-12)21(19,20)13-5-6-14(16)11(8-13)9-15/h5-6,8,12H,3-4,7,9-10H2,1-2H3. The number of alkyl halides is 1. The van der Waals surface area contributed by atoms with E-state index in [-0.39, 0.29) is 16.8 Å². The first kappa shape index (κ1) is 17.0. The van der Waals surface area contributed by atoms with Crippen LogP contribution in [0.2, 0.25) is 5.02 Å². The van der Waals surface area contributed by atoms with Gasteiger partial charge in [0, 0.05) is 30.0 Å². The smallest absolute Gasteiger partial charge is 0.243 e. The second-order valence-electron chi connectivity index (χ2n) is 5.51. The van der Waals surface area contributed by atoms with Crippen LogP contribution in [-0.2, 0) is 15.9 Å². The average molecular weight is 351 g/mol. The second-order valence-corrected chi connectivity index (χ2v) is 8.12. The largest absolute Gasteiger partial charge is 0.305 e. The van der Waals surface area contributed by atoms with E-state index in [1.165, 1.54) is 0 Å². The molecule has 1 aromatic rings. The first-order valence-corrected chi connectivity index (χ1v) is 9.22. The zero-order valence-electron chi connectivity index (χ0n) is 12.2. The van der Waals surface area contributed by atoms with Gasteiger partial charge in [0.1, 0.15) is 0 Å². The van der Waals surface area contributed by atoms with Crippen molar-refractivity contribution in [2.45, 2.75) is 29.7 Å². The third kappa shape index (κ3) is 3.71. The highest BCUT2D eigenvalue weighted by molar-refractivity contribution is 7.89. The third-order valence-corrected chi connectivity index (χ3v) is 6.41. The van der Waals surface area contributed by atoms with Crippen molar-refractivity contribution < 1.29 is 8.42 Å². The van der Waals surface area contributed by atoms with Crippen molar-refractivity contribution in [1.29, 1.82) is 0 Å². The molecule has 1 aliphatic heterocycles. The van der Waals surface area contributed by atoms with Crippen LogP contribution in [0.1, 0.15) is 18.4 Å². The Morgan fingerprint density at radius 1 is 1.38 bits per heavy atom. The zero-order chi connectivity index (χ0) is 15.6. The third-order valence-electron chi connectivity index (χ3n) is 3.89. The van der Waals surface area contributed by atoms with E-state index >= 15 is 0 Å². The highest BCUT2D eigenvalue weighted by Gasteiger charge is 2.31. The Morgan fingerprint density at radius 2 is 2.10 bits per heavy atom. The summed E-state index contributed by atoms with van der Waals surface area (Å²) in [4.78, 5) is 2.34. The van der Waals surface area contributed by atoms with Crippen LogP contribution in [0.3, 0.4) is 0 Å². The van der Waals surface area contributed by atoms with Gasteiger partial charge < -0.3 is 4.90 Å². The average Bonchev–Trinajstić information content (AvgIpc) is 2.47. The van der Waals surface area contributed by atoms with Gasteiger partial charge in [-0.3, -0.25) is 0 Å². The molecule has 0 aromatic heterocycles. The molecule has 7 heteroatoms. The molecule has 0 radical (unpaired) electrons. The quantitative estimate of drug-likeness (QED) is 0.784. The fraction of sp³-hybridized carbons (Fsp3) is 0.571. The monoisotopic (exact) mass is 350 g/mol. The topological polar surface area (TPSA) is 40.6 Å². The van der Waals surface area contributed by atoms with Crippen LogP contribution >= 0.6 is 23.2 Å². The van der Waals surface area contributed by atoms with Crippen LogP contribution in [0.15, 0.2) is 23.1 Å². The van der Waals surface area contributed by atoms with Crippen molar-refractivity contribution in [3.63, 3.8) is 0 Å². The Kier molecular flexibility index (Phi) is 5.54. The lowest BCUT2D eigenvalue weighted by molar-refractivity contribution is 0.190. The summed E-state index contributed by atoms with van der Waals surface area (Å²) in [5, 5.41) is 0.494.